The minimum atomic E-state index is -1.06. The van der Waals surface area contributed by atoms with Gasteiger partial charge in [0.2, 0.25) is 5.91 Å². The maximum absolute atomic E-state index is 14.6. The molecule has 3 aromatic rings. The molecule has 0 radical (unpaired) electrons. The number of hydrogen-bond acceptors (Lipinski definition) is 3. The summed E-state index contributed by atoms with van der Waals surface area (Å²) >= 11 is 0. The number of halogens is 2. The summed E-state index contributed by atoms with van der Waals surface area (Å²) in [5.41, 5.74) is 2.90. The van der Waals surface area contributed by atoms with E-state index in [9.17, 15) is 18.4 Å². The van der Waals surface area contributed by atoms with Crippen molar-refractivity contribution in [3.8, 4) is 5.69 Å². The lowest BCUT2D eigenvalue weighted by atomic mass is 9.81. The number of carbonyl (C=O) groups excluding carboxylic acids is 2. The standard InChI is InChI=1S/C28H26F2N4O2/c1-5-20(29)14-13-17(3)23-24-18(4)33-34(22-12-7-6-11-21(22)30)26(24)32-28(36)25(23)31-27(35)19-10-8-9-16(2)15-19/h5-15,23,25H,3H2,1-2,4H3,(H,31,35)(H,32,36)/b14-13-,20-5+/t23-,25-/m0/s1. The molecule has 36 heavy (non-hydrogen) atoms. The summed E-state index contributed by atoms with van der Waals surface area (Å²) in [7, 11) is 0. The Morgan fingerprint density at radius 2 is 1.92 bits per heavy atom. The second kappa shape index (κ2) is 10.1. The first-order valence-corrected chi connectivity index (χ1v) is 11.4. The normalized spacial score (nSPS) is 17.6. The van der Waals surface area contributed by atoms with Crippen LogP contribution in [0.5, 0.6) is 0 Å². The fourth-order valence-electron chi connectivity index (χ4n) is 4.29. The molecule has 6 nitrogen and oxygen atoms in total. The van der Waals surface area contributed by atoms with Crippen LogP contribution in [0.2, 0.25) is 0 Å². The van der Waals surface area contributed by atoms with Gasteiger partial charge in [-0.1, -0.05) is 48.6 Å². The summed E-state index contributed by atoms with van der Waals surface area (Å²) in [6.45, 7) is 9.23. The molecule has 184 valence electrons. The van der Waals surface area contributed by atoms with E-state index in [-0.39, 0.29) is 11.5 Å². The second-order valence-electron chi connectivity index (χ2n) is 8.58. The van der Waals surface area contributed by atoms with Crippen LogP contribution in [0.1, 0.15) is 40.0 Å². The van der Waals surface area contributed by atoms with Crippen LogP contribution in [0.15, 0.2) is 84.7 Å². The average molecular weight is 489 g/mol. The molecule has 0 saturated heterocycles. The van der Waals surface area contributed by atoms with Crippen LogP contribution in [-0.2, 0) is 4.79 Å². The maximum Gasteiger partial charge on any atom is 0.251 e. The Bertz CT molecular complexity index is 1420. The number of nitrogens with one attached hydrogen (secondary N) is 2. The van der Waals surface area contributed by atoms with Crippen molar-refractivity contribution in [2.24, 2.45) is 0 Å². The molecule has 0 aliphatic carbocycles. The SMILES string of the molecule is C=C(/C=C\C(F)=C/C)[C@H]1c2c(C)nn(-c3ccccc3F)c2NC(=O)[C@H]1NC(=O)c1cccc(C)c1. The Hall–Kier alpha value is -4.33. The zero-order chi connectivity index (χ0) is 26.0. The van der Waals surface area contributed by atoms with E-state index in [1.165, 1.54) is 29.0 Å². The fraction of sp³-hybridized carbons (Fsp3) is 0.179. The number of benzene rings is 2. The highest BCUT2D eigenvalue weighted by Gasteiger charge is 2.42. The zero-order valence-electron chi connectivity index (χ0n) is 20.2. The number of aromatic nitrogens is 2. The third-order valence-corrected chi connectivity index (χ3v) is 6.05. The molecule has 2 amide bonds. The van der Waals surface area contributed by atoms with Crippen molar-refractivity contribution >= 4 is 17.6 Å². The molecule has 1 aliphatic heterocycles. The number of carbonyl (C=O) groups is 2. The minimum Gasteiger partial charge on any atom is -0.339 e. The molecule has 0 unspecified atom stereocenters. The Kier molecular flexibility index (Phi) is 6.96. The van der Waals surface area contributed by atoms with Crippen molar-refractivity contribution in [2.75, 3.05) is 5.32 Å². The van der Waals surface area contributed by atoms with Gasteiger partial charge in [0, 0.05) is 17.0 Å². The Balaban J connectivity index is 1.82. The molecule has 8 heteroatoms. The van der Waals surface area contributed by atoms with Gasteiger partial charge in [0.1, 0.15) is 29.2 Å². The highest BCUT2D eigenvalue weighted by Crippen LogP contribution is 2.41. The van der Waals surface area contributed by atoms with Gasteiger partial charge in [-0.15, -0.1) is 0 Å². The highest BCUT2D eigenvalue weighted by atomic mass is 19.1. The highest BCUT2D eigenvalue weighted by molar-refractivity contribution is 6.04. The van der Waals surface area contributed by atoms with Crippen molar-refractivity contribution in [2.45, 2.75) is 32.7 Å². The van der Waals surface area contributed by atoms with Crippen LogP contribution < -0.4 is 10.6 Å². The molecule has 2 N–H and O–H groups in total. The Morgan fingerprint density at radius 3 is 2.61 bits per heavy atom. The molecule has 2 atom stereocenters. The van der Waals surface area contributed by atoms with Crippen molar-refractivity contribution < 1.29 is 18.4 Å². The second-order valence-corrected chi connectivity index (χ2v) is 8.58. The van der Waals surface area contributed by atoms with Crippen molar-refractivity contribution in [1.82, 2.24) is 15.1 Å². The molecule has 4 rings (SSSR count). The van der Waals surface area contributed by atoms with Crippen LogP contribution in [0, 0.1) is 19.7 Å². The minimum absolute atomic E-state index is 0.157. The molecule has 0 fully saturated rings. The van der Waals surface area contributed by atoms with Gasteiger partial charge in [0.15, 0.2) is 0 Å². The van der Waals surface area contributed by atoms with Gasteiger partial charge in [-0.3, -0.25) is 9.59 Å². The summed E-state index contributed by atoms with van der Waals surface area (Å²) < 4.78 is 29.8. The third kappa shape index (κ3) is 4.75. The first-order valence-electron chi connectivity index (χ1n) is 11.4. The fourth-order valence-corrected chi connectivity index (χ4v) is 4.29. The zero-order valence-corrected chi connectivity index (χ0v) is 20.2. The Morgan fingerprint density at radius 1 is 1.17 bits per heavy atom. The number of aryl methyl sites for hydroxylation is 2. The van der Waals surface area contributed by atoms with Crippen LogP contribution in [0.4, 0.5) is 14.6 Å². The van der Waals surface area contributed by atoms with Crippen LogP contribution in [0.25, 0.3) is 5.69 Å². The van der Waals surface area contributed by atoms with Gasteiger partial charge in [-0.05, 0) is 56.7 Å². The number of allylic oxidation sites excluding steroid dienone is 4. The van der Waals surface area contributed by atoms with Gasteiger partial charge >= 0.3 is 0 Å². The topological polar surface area (TPSA) is 76.0 Å². The van der Waals surface area contributed by atoms with Crippen molar-refractivity contribution in [1.29, 1.82) is 0 Å². The predicted octanol–water partition coefficient (Wildman–Crippen LogP) is 5.45. The van der Waals surface area contributed by atoms with Crippen molar-refractivity contribution in [3.63, 3.8) is 0 Å². The third-order valence-electron chi connectivity index (χ3n) is 6.05. The quantitative estimate of drug-likeness (QED) is 0.453. The van der Waals surface area contributed by atoms with E-state index in [1.54, 1.807) is 50.2 Å². The lowest BCUT2D eigenvalue weighted by Gasteiger charge is -2.33. The van der Waals surface area contributed by atoms with E-state index in [0.29, 0.717) is 22.4 Å². The van der Waals surface area contributed by atoms with Gasteiger partial charge < -0.3 is 10.6 Å². The van der Waals surface area contributed by atoms with E-state index < -0.39 is 35.4 Å². The Labute approximate surface area is 208 Å². The largest absolute Gasteiger partial charge is 0.339 e. The summed E-state index contributed by atoms with van der Waals surface area (Å²) in [6, 6.07) is 12.0. The van der Waals surface area contributed by atoms with Crippen LogP contribution in [-0.4, -0.2) is 27.6 Å². The van der Waals surface area contributed by atoms with Crippen LogP contribution >= 0.6 is 0 Å². The average Bonchev–Trinajstić information content (AvgIpc) is 3.18. The van der Waals surface area contributed by atoms with E-state index in [4.69, 9.17) is 0 Å². The van der Waals surface area contributed by atoms with E-state index >= 15 is 0 Å². The lowest BCUT2D eigenvalue weighted by molar-refractivity contribution is -0.118. The van der Waals surface area contributed by atoms with Gasteiger partial charge in [0.05, 0.1) is 5.69 Å². The molecule has 1 aliphatic rings. The smallest absolute Gasteiger partial charge is 0.251 e. The number of amides is 2. The van der Waals surface area contributed by atoms with E-state index in [2.05, 4.69) is 22.3 Å². The lowest BCUT2D eigenvalue weighted by Crippen LogP contribution is -2.50. The molecule has 1 aromatic heterocycles. The molecular formula is C28H26F2N4O2. The maximum atomic E-state index is 14.6. The van der Waals surface area contributed by atoms with Gasteiger partial charge in [-0.2, -0.15) is 5.10 Å². The molecule has 0 saturated carbocycles. The van der Waals surface area contributed by atoms with Crippen LogP contribution in [0.3, 0.4) is 0 Å². The first kappa shape index (κ1) is 24.8. The molecule has 2 heterocycles. The number of hydrogen-bond donors (Lipinski definition) is 2. The number of anilines is 1. The number of para-hydroxylation sites is 1. The summed E-state index contributed by atoms with van der Waals surface area (Å²) in [5.74, 6) is -2.46. The summed E-state index contributed by atoms with van der Waals surface area (Å²) in [5, 5.41) is 10.1. The first-order chi connectivity index (χ1) is 17.2. The molecule has 0 spiro atoms. The van der Waals surface area contributed by atoms with E-state index in [1.807, 2.05) is 13.0 Å². The van der Waals surface area contributed by atoms with Gasteiger partial charge in [0.25, 0.3) is 5.91 Å². The predicted molar refractivity (Wildman–Crippen MR) is 135 cm³/mol. The number of fused-ring (bicyclic) bond motifs is 1. The van der Waals surface area contributed by atoms with E-state index in [0.717, 1.165) is 5.56 Å². The summed E-state index contributed by atoms with van der Waals surface area (Å²) in [4.78, 5) is 26.4. The van der Waals surface area contributed by atoms with Gasteiger partial charge in [-0.25, -0.2) is 13.5 Å². The molecular weight excluding hydrogens is 462 g/mol. The summed E-state index contributed by atoms with van der Waals surface area (Å²) in [6.07, 6.45) is 4.00. The number of rotatable bonds is 6. The molecule has 0 bridgehead atoms. The monoisotopic (exact) mass is 488 g/mol. The molecule has 2 aromatic carbocycles. The van der Waals surface area contributed by atoms with Crippen molar-refractivity contribution in [3.05, 3.63) is 113 Å². The number of nitrogens with zero attached hydrogens (tertiary/aromatic N) is 2.